The van der Waals surface area contributed by atoms with Gasteiger partial charge in [0.05, 0.1) is 23.6 Å². The summed E-state index contributed by atoms with van der Waals surface area (Å²) in [4.78, 5) is 41.2. The van der Waals surface area contributed by atoms with Crippen molar-refractivity contribution in [2.75, 3.05) is 4.90 Å². The lowest BCUT2D eigenvalue weighted by molar-refractivity contribution is -0.123. The monoisotopic (exact) mass is 405 g/mol. The fraction of sp³-hybridized carbons (Fsp3) is 0.182. The third-order valence-corrected chi connectivity index (χ3v) is 5.92. The molecule has 2 aromatic rings. The highest BCUT2D eigenvalue weighted by molar-refractivity contribution is 6.31. The van der Waals surface area contributed by atoms with Gasteiger partial charge in [-0.05, 0) is 24.3 Å². The number of hydrazone groups is 1. The number of amides is 2. The van der Waals surface area contributed by atoms with Crippen molar-refractivity contribution in [3.05, 3.63) is 77.3 Å². The second-order valence-electron chi connectivity index (χ2n) is 7.24. The van der Waals surface area contributed by atoms with E-state index in [-0.39, 0.29) is 11.7 Å². The molecule has 0 saturated carbocycles. The van der Waals surface area contributed by atoms with Gasteiger partial charge in [-0.15, -0.1) is 0 Å². The molecule has 7 heteroatoms. The Kier molecular flexibility index (Phi) is 4.10. The number of imide groups is 1. The molecule has 3 heterocycles. The number of carbonyl (C=O) groups is 3. The van der Waals surface area contributed by atoms with Gasteiger partial charge in [0.1, 0.15) is 6.04 Å². The largest absolute Gasteiger partial charge is 0.292 e. The number of anilines is 1. The summed E-state index contributed by atoms with van der Waals surface area (Å²) >= 11 is 6.07. The summed E-state index contributed by atoms with van der Waals surface area (Å²) in [6, 6.07) is 14.1. The number of hydrogen-bond donors (Lipinski definition) is 0. The standard InChI is InChI=1S/C22H16ClN3O3/c23-14-8-4-9-15(12-14)25-21(28)17-16-10-5-11-24-26(16)19(18(17)22(25)29)20(27)13-6-2-1-3-7-13/h1-12,16-19H/t16-,17+,18+,19-/m1/s1. The molecule has 0 radical (unpaired) electrons. The zero-order chi connectivity index (χ0) is 20.1. The lowest BCUT2D eigenvalue weighted by Crippen LogP contribution is -2.46. The van der Waals surface area contributed by atoms with Crippen LogP contribution in [0.4, 0.5) is 5.69 Å². The van der Waals surface area contributed by atoms with Gasteiger partial charge in [-0.2, -0.15) is 5.10 Å². The molecule has 2 amide bonds. The highest BCUT2D eigenvalue weighted by atomic mass is 35.5. The van der Waals surface area contributed by atoms with Gasteiger partial charge >= 0.3 is 0 Å². The molecule has 0 bridgehead atoms. The van der Waals surface area contributed by atoms with Crippen LogP contribution in [0.3, 0.4) is 0 Å². The van der Waals surface area contributed by atoms with Crippen LogP contribution in [0.15, 0.2) is 71.9 Å². The van der Waals surface area contributed by atoms with Gasteiger partial charge in [0.2, 0.25) is 11.8 Å². The topological polar surface area (TPSA) is 70.0 Å². The van der Waals surface area contributed by atoms with Crippen molar-refractivity contribution >= 4 is 41.1 Å². The normalized spacial score (nSPS) is 27.3. The van der Waals surface area contributed by atoms with E-state index in [0.717, 1.165) is 4.90 Å². The summed E-state index contributed by atoms with van der Waals surface area (Å²) in [5.74, 6) is -2.42. The summed E-state index contributed by atoms with van der Waals surface area (Å²) in [6.07, 6.45) is 5.15. The van der Waals surface area contributed by atoms with Gasteiger partial charge in [-0.1, -0.05) is 54.1 Å². The van der Waals surface area contributed by atoms with Crippen LogP contribution >= 0.6 is 11.6 Å². The number of benzene rings is 2. The average Bonchev–Trinajstić information content (AvgIpc) is 3.21. The molecular formula is C22H16ClN3O3. The molecule has 0 spiro atoms. The van der Waals surface area contributed by atoms with Gasteiger partial charge < -0.3 is 0 Å². The Labute approximate surface area is 172 Å². The van der Waals surface area contributed by atoms with Crippen LogP contribution in [-0.4, -0.2) is 40.9 Å². The second-order valence-corrected chi connectivity index (χ2v) is 7.67. The van der Waals surface area contributed by atoms with Crippen LogP contribution in [0, 0.1) is 11.8 Å². The molecular weight excluding hydrogens is 390 g/mol. The number of hydrogen-bond acceptors (Lipinski definition) is 5. The lowest BCUT2D eigenvalue weighted by atomic mass is 9.86. The van der Waals surface area contributed by atoms with E-state index in [4.69, 9.17) is 11.6 Å². The summed E-state index contributed by atoms with van der Waals surface area (Å²) in [5, 5.41) is 6.38. The SMILES string of the molecule is O=C(c1ccccc1)[C@H]1[C@H]2C(=O)N(c3cccc(Cl)c3)C(=O)[C@H]2[C@H]2C=CC=NN21. The van der Waals surface area contributed by atoms with Crippen molar-refractivity contribution in [3.63, 3.8) is 0 Å². The molecule has 2 aromatic carbocycles. The van der Waals surface area contributed by atoms with Gasteiger partial charge in [0.15, 0.2) is 5.78 Å². The maximum absolute atomic E-state index is 13.4. The summed E-state index contributed by atoms with van der Waals surface area (Å²) in [6.45, 7) is 0. The first kappa shape index (κ1) is 17.8. The van der Waals surface area contributed by atoms with Crippen LogP contribution in [0.25, 0.3) is 0 Å². The Morgan fingerprint density at radius 1 is 0.966 bits per heavy atom. The van der Waals surface area contributed by atoms with Crippen molar-refractivity contribution in [3.8, 4) is 0 Å². The lowest BCUT2D eigenvalue weighted by Gasteiger charge is -2.30. The third-order valence-electron chi connectivity index (χ3n) is 5.68. The van der Waals surface area contributed by atoms with Crippen molar-refractivity contribution in [1.29, 1.82) is 0 Å². The first-order chi connectivity index (χ1) is 14.1. The Morgan fingerprint density at radius 2 is 1.72 bits per heavy atom. The first-order valence-corrected chi connectivity index (χ1v) is 9.67. The van der Waals surface area contributed by atoms with Crippen molar-refractivity contribution in [2.24, 2.45) is 16.9 Å². The Balaban J connectivity index is 1.59. The summed E-state index contributed by atoms with van der Waals surface area (Å²) in [5.41, 5.74) is 0.908. The van der Waals surface area contributed by atoms with Crippen LogP contribution in [0.2, 0.25) is 5.02 Å². The minimum atomic E-state index is -0.839. The number of fused-ring (bicyclic) bond motifs is 3. The van der Waals surface area contributed by atoms with E-state index in [1.54, 1.807) is 65.8 Å². The number of rotatable bonds is 3. The van der Waals surface area contributed by atoms with Gasteiger partial charge in [-0.3, -0.25) is 19.4 Å². The predicted octanol–water partition coefficient (Wildman–Crippen LogP) is 2.94. The van der Waals surface area contributed by atoms with E-state index >= 15 is 0 Å². The van der Waals surface area contributed by atoms with Crippen LogP contribution in [0.1, 0.15) is 10.4 Å². The Morgan fingerprint density at radius 3 is 2.48 bits per heavy atom. The van der Waals surface area contributed by atoms with Crippen LogP contribution in [-0.2, 0) is 9.59 Å². The fourth-order valence-corrected chi connectivity index (χ4v) is 4.66. The first-order valence-electron chi connectivity index (χ1n) is 9.29. The fourth-order valence-electron chi connectivity index (χ4n) is 4.48. The third kappa shape index (κ3) is 2.63. The number of Topliss-reactive ketones (excluding diaryl/α,β-unsaturated/α-hetero) is 1. The minimum absolute atomic E-state index is 0.218. The molecule has 4 atom stereocenters. The van der Waals surface area contributed by atoms with E-state index < -0.39 is 29.8 Å². The average molecular weight is 406 g/mol. The van der Waals surface area contributed by atoms with Gasteiger partial charge in [-0.25, -0.2) is 4.90 Å². The Hall–Kier alpha value is -3.25. The number of ketones is 1. The number of carbonyl (C=O) groups excluding carboxylic acids is 3. The van der Waals surface area contributed by atoms with Crippen LogP contribution < -0.4 is 4.90 Å². The van der Waals surface area contributed by atoms with E-state index in [1.165, 1.54) is 0 Å². The maximum Gasteiger partial charge on any atom is 0.240 e. The Bertz CT molecular complexity index is 1080. The highest BCUT2D eigenvalue weighted by Crippen LogP contribution is 2.46. The molecule has 0 aliphatic carbocycles. The van der Waals surface area contributed by atoms with Crippen molar-refractivity contribution in [1.82, 2.24) is 5.01 Å². The highest BCUT2D eigenvalue weighted by Gasteiger charge is 2.64. The zero-order valence-electron chi connectivity index (χ0n) is 15.2. The van der Waals surface area contributed by atoms with E-state index in [1.807, 2.05) is 12.1 Å². The molecule has 5 rings (SSSR count). The number of halogens is 1. The zero-order valence-corrected chi connectivity index (χ0v) is 15.9. The van der Waals surface area contributed by atoms with Gasteiger partial charge in [0.25, 0.3) is 0 Å². The van der Waals surface area contributed by atoms with Crippen molar-refractivity contribution in [2.45, 2.75) is 12.1 Å². The smallest absolute Gasteiger partial charge is 0.240 e. The molecule has 0 aromatic heterocycles. The molecule has 0 N–H and O–H groups in total. The quantitative estimate of drug-likeness (QED) is 0.581. The van der Waals surface area contributed by atoms with Crippen molar-refractivity contribution < 1.29 is 14.4 Å². The molecule has 6 nitrogen and oxygen atoms in total. The number of allylic oxidation sites excluding steroid dienone is 1. The molecule has 0 unspecified atom stereocenters. The second kappa shape index (κ2) is 6.67. The summed E-state index contributed by atoms with van der Waals surface area (Å²) in [7, 11) is 0. The molecule has 3 aliphatic heterocycles. The molecule has 29 heavy (non-hydrogen) atoms. The summed E-state index contributed by atoms with van der Waals surface area (Å²) < 4.78 is 0. The van der Waals surface area contributed by atoms with Gasteiger partial charge in [0, 0.05) is 16.8 Å². The number of nitrogens with zero attached hydrogens (tertiary/aromatic N) is 3. The predicted molar refractivity (Wildman–Crippen MR) is 109 cm³/mol. The molecule has 2 fully saturated rings. The van der Waals surface area contributed by atoms with E-state index in [9.17, 15) is 14.4 Å². The van der Waals surface area contributed by atoms with Crippen LogP contribution in [0.5, 0.6) is 0 Å². The minimum Gasteiger partial charge on any atom is -0.292 e. The maximum atomic E-state index is 13.4. The molecule has 3 aliphatic rings. The van der Waals surface area contributed by atoms with E-state index in [2.05, 4.69) is 5.10 Å². The molecule has 2 saturated heterocycles. The van der Waals surface area contributed by atoms with E-state index in [0.29, 0.717) is 16.3 Å². The molecule has 144 valence electrons.